The van der Waals surface area contributed by atoms with Crippen LogP contribution in [0.5, 0.6) is 0 Å². The van der Waals surface area contributed by atoms with Crippen LogP contribution in [0.2, 0.25) is 0 Å². The molecular formula is C15H17N5S. The van der Waals surface area contributed by atoms with Gasteiger partial charge in [-0.3, -0.25) is 4.98 Å². The Bertz CT molecular complexity index is 738. The molecule has 1 aliphatic rings. The summed E-state index contributed by atoms with van der Waals surface area (Å²) >= 11 is 1.75. The molecule has 5 nitrogen and oxygen atoms in total. The average molecular weight is 299 g/mol. The smallest absolute Gasteiger partial charge is 0.188 e. The number of hydrogen-bond acceptors (Lipinski definition) is 5. The minimum Gasteiger partial charge on any atom is -0.341 e. The molecule has 0 aromatic carbocycles. The average Bonchev–Trinajstić information content (AvgIpc) is 3.16. The van der Waals surface area contributed by atoms with E-state index in [0.717, 1.165) is 23.0 Å². The summed E-state index contributed by atoms with van der Waals surface area (Å²) < 4.78 is 3.07. The monoisotopic (exact) mass is 299 g/mol. The van der Waals surface area contributed by atoms with Gasteiger partial charge < -0.3 is 4.90 Å². The van der Waals surface area contributed by atoms with Crippen LogP contribution in [0, 0.1) is 6.92 Å². The highest BCUT2D eigenvalue weighted by molar-refractivity contribution is 7.22. The summed E-state index contributed by atoms with van der Waals surface area (Å²) in [5, 5.41) is 5.54. The van der Waals surface area contributed by atoms with Gasteiger partial charge in [0, 0.05) is 32.0 Å². The van der Waals surface area contributed by atoms with Crippen LogP contribution in [-0.4, -0.2) is 25.8 Å². The molecule has 0 saturated heterocycles. The summed E-state index contributed by atoms with van der Waals surface area (Å²) in [6.45, 7) is 2.93. The number of aromatic nitrogens is 4. The Morgan fingerprint density at radius 1 is 1.43 bits per heavy atom. The van der Waals surface area contributed by atoms with E-state index in [0.29, 0.717) is 6.04 Å². The fourth-order valence-electron chi connectivity index (χ4n) is 2.62. The first kappa shape index (κ1) is 12.8. The van der Waals surface area contributed by atoms with E-state index >= 15 is 0 Å². The number of anilines is 1. The second-order valence-electron chi connectivity index (χ2n) is 5.58. The highest BCUT2D eigenvalue weighted by Gasteiger charge is 2.31. The second-order valence-corrected chi connectivity index (χ2v) is 6.56. The Balaban J connectivity index is 1.70. The maximum absolute atomic E-state index is 4.82. The lowest BCUT2D eigenvalue weighted by atomic mass is 10.2. The molecule has 1 saturated carbocycles. The van der Waals surface area contributed by atoms with E-state index in [1.807, 2.05) is 37.1 Å². The molecule has 21 heavy (non-hydrogen) atoms. The van der Waals surface area contributed by atoms with Crippen LogP contribution in [0.1, 0.15) is 24.1 Å². The maximum Gasteiger partial charge on any atom is 0.188 e. The van der Waals surface area contributed by atoms with Crippen molar-refractivity contribution in [2.75, 3.05) is 4.90 Å². The zero-order valence-electron chi connectivity index (χ0n) is 12.2. The van der Waals surface area contributed by atoms with Crippen LogP contribution in [0.15, 0.2) is 24.5 Å². The number of rotatable bonds is 4. The highest BCUT2D eigenvalue weighted by atomic mass is 32.1. The van der Waals surface area contributed by atoms with E-state index in [1.54, 1.807) is 11.3 Å². The van der Waals surface area contributed by atoms with Crippen LogP contribution in [0.4, 0.5) is 5.13 Å². The Morgan fingerprint density at radius 2 is 2.29 bits per heavy atom. The molecule has 3 aromatic rings. The lowest BCUT2D eigenvalue weighted by Gasteiger charge is -2.21. The summed E-state index contributed by atoms with van der Waals surface area (Å²) in [6.07, 6.45) is 6.27. The summed E-state index contributed by atoms with van der Waals surface area (Å²) in [5.74, 6) is 0. The molecule has 0 amide bonds. The van der Waals surface area contributed by atoms with Gasteiger partial charge in [-0.25, -0.2) is 9.67 Å². The molecule has 1 aliphatic carbocycles. The number of nitrogens with zero attached hydrogens (tertiary/aromatic N) is 5. The van der Waals surface area contributed by atoms with Crippen molar-refractivity contribution in [1.82, 2.24) is 19.7 Å². The number of pyridine rings is 1. The Kier molecular flexibility index (Phi) is 2.92. The van der Waals surface area contributed by atoms with Crippen molar-refractivity contribution in [2.24, 2.45) is 7.05 Å². The Hall–Kier alpha value is -1.95. The van der Waals surface area contributed by atoms with Crippen LogP contribution in [0.25, 0.3) is 10.3 Å². The first-order valence-corrected chi connectivity index (χ1v) is 7.99. The van der Waals surface area contributed by atoms with Gasteiger partial charge in [0.25, 0.3) is 0 Å². The highest BCUT2D eigenvalue weighted by Crippen LogP contribution is 2.38. The molecular weight excluding hydrogens is 282 g/mol. The van der Waals surface area contributed by atoms with Gasteiger partial charge in [-0.15, -0.1) is 0 Å². The molecule has 0 radical (unpaired) electrons. The Labute approximate surface area is 127 Å². The molecule has 1 fully saturated rings. The van der Waals surface area contributed by atoms with Crippen molar-refractivity contribution in [1.29, 1.82) is 0 Å². The molecule has 0 unspecified atom stereocenters. The van der Waals surface area contributed by atoms with Gasteiger partial charge in [0.05, 0.1) is 10.4 Å². The first-order chi connectivity index (χ1) is 10.2. The number of hydrogen-bond donors (Lipinski definition) is 0. The molecule has 0 spiro atoms. The molecule has 3 aromatic heterocycles. The topological polar surface area (TPSA) is 46.8 Å². The minimum absolute atomic E-state index is 0.624. The SMILES string of the molecule is Cc1nn(C)c2nc(N(Cc3cccnc3)C3CC3)sc12. The zero-order valence-corrected chi connectivity index (χ0v) is 13.0. The maximum atomic E-state index is 4.82. The number of thiazole rings is 1. The molecule has 0 N–H and O–H groups in total. The largest absolute Gasteiger partial charge is 0.341 e. The third-order valence-corrected chi connectivity index (χ3v) is 5.03. The summed E-state index contributed by atoms with van der Waals surface area (Å²) in [4.78, 5) is 11.4. The fraction of sp³-hybridized carbons (Fsp3) is 0.400. The third-order valence-electron chi connectivity index (χ3n) is 3.84. The quantitative estimate of drug-likeness (QED) is 0.743. The van der Waals surface area contributed by atoms with Gasteiger partial charge in [0.2, 0.25) is 0 Å². The fourth-order valence-corrected chi connectivity index (χ4v) is 3.73. The molecule has 0 aliphatic heterocycles. The number of aryl methyl sites for hydroxylation is 2. The van der Waals surface area contributed by atoms with Crippen LogP contribution in [0.3, 0.4) is 0 Å². The van der Waals surface area contributed by atoms with Gasteiger partial charge in [-0.05, 0) is 31.4 Å². The predicted octanol–water partition coefficient (Wildman–Crippen LogP) is 2.90. The standard InChI is InChI=1S/C15H17N5S/c1-10-13-14(19(2)18-10)17-15(21-13)20(12-5-6-12)9-11-4-3-7-16-8-11/h3-4,7-8,12H,5-6,9H2,1-2H3. The van der Waals surface area contributed by atoms with Gasteiger partial charge in [-0.1, -0.05) is 17.4 Å². The number of fused-ring (bicyclic) bond motifs is 1. The molecule has 108 valence electrons. The lowest BCUT2D eigenvalue weighted by Crippen LogP contribution is -2.24. The molecule has 0 atom stereocenters. The van der Waals surface area contributed by atoms with Crippen molar-refractivity contribution in [3.05, 3.63) is 35.8 Å². The van der Waals surface area contributed by atoms with Gasteiger partial charge in [0.15, 0.2) is 10.8 Å². The van der Waals surface area contributed by atoms with E-state index in [9.17, 15) is 0 Å². The van der Waals surface area contributed by atoms with Gasteiger partial charge in [-0.2, -0.15) is 5.10 Å². The van der Waals surface area contributed by atoms with Crippen LogP contribution in [-0.2, 0) is 13.6 Å². The summed E-state index contributed by atoms with van der Waals surface area (Å²) in [6, 6.07) is 4.74. The van der Waals surface area contributed by atoms with E-state index in [-0.39, 0.29) is 0 Å². The zero-order chi connectivity index (χ0) is 14.4. The van der Waals surface area contributed by atoms with Crippen molar-refractivity contribution < 1.29 is 0 Å². The summed E-state index contributed by atoms with van der Waals surface area (Å²) in [7, 11) is 1.96. The molecule has 3 heterocycles. The summed E-state index contributed by atoms with van der Waals surface area (Å²) in [5.41, 5.74) is 3.29. The van der Waals surface area contributed by atoms with Crippen LogP contribution >= 0.6 is 11.3 Å². The third kappa shape index (κ3) is 2.29. The lowest BCUT2D eigenvalue weighted by molar-refractivity contribution is 0.762. The normalized spacial score (nSPS) is 14.8. The molecule has 6 heteroatoms. The van der Waals surface area contributed by atoms with E-state index in [2.05, 4.69) is 21.0 Å². The van der Waals surface area contributed by atoms with Crippen molar-refractivity contribution in [3.63, 3.8) is 0 Å². The molecule has 4 rings (SSSR count). The van der Waals surface area contributed by atoms with Crippen LogP contribution < -0.4 is 4.90 Å². The van der Waals surface area contributed by atoms with E-state index in [1.165, 1.54) is 23.1 Å². The second kappa shape index (κ2) is 4.80. The van der Waals surface area contributed by atoms with Crippen molar-refractivity contribution in [2.45, 2.75) is 32.4 Å². The van der Waals surface area contributed by atoms with Crippen molar-refractivity contribution >= 4 is 26.8 Å². The Morgan fingerprint density at radius 3 is 2.95 bits per heavy atom. The first-order valence-electron chi connectivity index (χ1n) is 7.18. The van der Waals surface area contributed by atoms with E-state index < -0.39 is 0 Å². The van der Waals surface area contributed by atoms with Crippen molar-refractivity contribution in [3.8, 4) is 0 Å². The van der Waals surface area contributed by atoms with Gasteiger partial charge >= 0.3 is 0 Å². The van der Waals surface area contributed by atoms with Gasteiger partial charge in [0.1, 0.15) is 0 Å². The molecule has 0 bridgehead atoms. The van der Waals surface area contributed by atoms with E-state index in [4.69, 9.17) is 4.98 Å². The predicted molar refractivity (Wildman–Crippen MR) is 84.6 cm³/mol. The minimum atomic E-state index is 0.624.